The fraction of sp³-hybridized carbons (Fsp3) is 0.600. The lowest BCUT2D eigenvalue weighted by Crippen LogP contribution is -2.41. The Kier molecular flexibility index (Phi) is 5.81. The molecule has 0 bridgehead atoms. The fourth-order valence-electron chi connectivity index (χ4n) is 4.29. The molecule has 0 spiro atoms. The minimum Gasteiger partial charge on any atom is -0.463 e. The molecule has 0 saturated carbocycles. The van der Waals surface area contributed by atoms with Crippen LogP contribution in [-0.2, 0) is 19.9 Å². The monoisotopic (exact) mass is 430 g/mol. The summed E-state index contributed by atoms with van der Waals surface area (Å²) in [4.78, 5) is 18.4. The van der Waals surface area contributed by atoms with E-state index in [-0.39, 0.29) is 30.0 Å². The molecule has 4 atom stereocenters. The number of ether oxygens (including phenoxy) is 2. The zero-order chi connectivity index (χ0) is 22.2. The van der Waals surface area contributed by atoms with Gasteiger partial charge in [0.15, 0.2) is 5.82 Å². The minimum absolute atomic E-state index is 0.196. The number of rotatable bonds is 5. The Balaban J connectivity index is 1.46. The van der Waals surface area contributed by atoms with E-state index < -0.39 is 23.9 Å². The van der Waals surface area contributed by atoms with Gasteiger partial charge in [0.05, 0.1) is 5.69 Å². The number of aliphatic hydroxyl groups is 2. The van der Waals surface area contributed by atoms with E-state index in [9.17, 15) is 20.3 Å². The number of hydrogen-bond donors (Lipinski definition) is 3. The first-order valence-electron chi connectivity index (χ1n) is 10.2. The average Bonchev–Trinajstić information content (AvgIpc) is 3.30. The molecule has 2 aromatic heterocycles. The van der Waals surface area contributed by atoms with Crippen molar-refractivity contribution in [3.8, 4) is 6.07 Å². The molecule has 4 rings (SSSR count). The third-order valence-corrected chi connectivity index (χ3v) is 6.19. The number of carbonyl (C=O) groups is 1. The molecule has 2 fully saturated rings. The maximum Gasteiger partial charge on any atom is 0.306 e. The van der Waals surface area contributed by atoms with E-state index in [2.05, 4.69) is 22.0 Å². The standard InChI is InChI=1S/C20H26N6O5/c1-25-6-4-12(5-7-25)8-16(27)30-9-14-17(28)18(29)20(10-21,31-14)15-3-2-13-19(22)23-11-24-26(13)15/h2-3,11-12,14,17-18,28-29H,4-9H2,1H3,(H2,22,23,24)/t14-,17-,18-,20+/m1/s1. The van der Waals surface area contributed by atoms with Gasteiger partial charge in [-0.3, -0.25) is 4.79 Å². The van der Waals surface area contributed by atoms with Crippen LogP contribution in [0.3, 0.4) is 0 Å². The molecule has 2 aliphatic rings. The summed E-state index contributed by atoms with van der Waals surface area (Å²) in [7, 11) is 2.05. The highest BCUT2D eigenvalue weighted by Gasteiger charge is 2.57. The molecule has 0 radical (unpaired) electrons. The molecule has 4 N–H and O–H groups in total. The van der Waals surface area contributed by atoms with Crippen molar-refractivity contribution in [3.63, 3.8) is 0 Å². The average molecular weight is 430 g/mol. The number of likely N-dealkylation sites (tertiary alicyclic amines) is 1. The van der Waals surface area contributed by atoms with Gasteiger partial charge in [-0.1, -0.05) is 0 Å². The van der Waals surface area contributed by atoms with Crippen LogP contribution in [-0.4, -0.2) is 80.7 Å². The van der Waals surface area contributed by atoms with Gasteiger partial charge < -0.3 is 30.3 Å². The summed E-state index contributed by atoms with van der Waals surface area (Å²) in [6.45, 7) is 1.62. The molecule has 4 heterocycles. The van der Waals surface area contributed by atoms with E-state index in [4.69, 9.17) is 15.2 Å². The predicted octanol–water partition coefficient (Wildman–Crippen LogP) is -0.574. The summed E-state index contributed by atoms with van der Waals surface area (Å²) in [6, 6.07) is 5.09. The topological polar surface area (TPSA) is 159 Å². The minimum atomic E-state index is -1.91. The Bertz CT molecular complexity index is 998. The van der Waals surface area contributed by atoms with Crippen LogP contribution in [0.2, 0.25) is 0 Å². The Labute approximate surface area is 179 Å². The van der Waals surface area contributed by atoms with E-state index >= 15 is 0 Å². The third kappa shape index (κ3) is 3.83. The number of carbonyl (C=O) groups excluding carboxylic acids is 1. The fourth-order valence-corrected chi connectivity index (χ4v) is 4.29. The van der Waals surface area contributed by atoms with Crippen molar-refractivity contribution in [2.75, 3.05) is 32.5 Å². The van der Waals surface area contributed by atoms with Crippen LogP contribution in [0.4, 0.5) is 5.82 Å². The number of nitrogens with two attached hydrogens (primary N) is 1. The van der Waals surface area contributed by atoms with Crippen molar-refractivity contribution in [3.05, 3.63) is 24.2 Å². The van der Waals surface area contributed by atoms with Crippen molar-refractivity contribution in [1.29, 1.82) is 5.26 Å². The number of aromatic nitrogens is 3. The first-order chi connectivity index (χ1) is 14.9. The van der Waals surface area contributed by atoms with Gasteiger partial charge in [0.25, 0.3) is 0 Å². The third-order valence-electron chi connectivity index (χ3n) is 6.19. The summed E-state index contributed by atoms with van der Waals surface area (Å²) in [5, 5.41) is 35.2. The molecule has 11 nitrogen and oxygen atoms in total. The maximum atomic E-state index is 12.3. The molecule has 0 aromatic carbocycles. The van der Waals surface area contributed by atoms with Gasteiger partial charge >= 0.3 is 5.97 Å². The van der Waals surface area contributed by atoms with E-state index in [1.54, 1.807) is 6.07 Å². The maximum absolute atomic E-state index is 12.3. The lowest BCUT2D eigenvalue weighted by atomic mass is 9.92. The molecular weight excluding hydrogens is 404 g/mol. The highest BCUT2D eigenvalue weighted by atomic mass is 16.6. The van der Waals surface area contributed by atoms with Crippen LogP contribution >= 0.6 is 0 Å². The number of nitrogen functional groups attached to an aromatic ring is 1. The van der Waals surface area contributed by atoms with Gasteiger partial charge in [0, 0.05) is 6.42 Å². The van der Waals surface area contributed by atoms with Gasteiger partial charge in [0.2, 0.25) is 5.60 Å². The molecule has 0 aliphatic carbocycles. The summed E-state index contributed by atoms with van der Waals surface area (Å²) in [5.74, 6) is 0.0730. The first kappa shape index (κ1) is 21.5. The zero-order valence-electron chi connectivity index (χ0n) is 17.2. The van der Waals surface area contributed by atoms with Gasteiger partial charge in [-0.05, 0) is 51.0 Å². The lowest BCUT2D eigenvalue weighted by molar-refractivity contribution is -0.152. The van der Waals surface area contributed by atoms with Crippen LogP contribution < -0.4 is 5.73 Å². The summed E-state index contributed by atoms with van der Waals surface area (Å²) in [5.41, 5.74) is 4.57. The predicted molar refractivity (Wildman–Crippen MR) is 107 cm³/mol. The molecule has 11 heteroatoms. The molecule has 0 unspecified atom stereocenters. The largest absolute Gasteiger partial charge is 0.463 e. The summed E-state index contributed by atoms with van der Waals surface area (Å²) in [6.07, 6.45) is -0.711. The Morgan fingerprint density at radius 1 is 1.42 bits per heavy atom. The second-order valence-corrected chi connectivity index (χ2v) is 8.23. The van der Waals surface area contributed by atoms with Gasteiger partial charge in [-0.25, -0.2) is 9.50 Å². The molecule has 31 heavy (non-hydrogen) atoms. The highest BCUT2D eigenvalue weighted by Crippen LogP contribution is 2.40. The number of nitrogens with zero attached hydrogens (tertiary/aromatic N) is 5. The number of piperidine rings is 1. The number of esters is 1. The SMILES string of the molecule is CN1CCC(CC(=O)OC[C@H]2O[C@@](C#N)(c3ccc4c(N)ncnn34)[C@H](O)[C@@H]2O)CC1. The van der Waals surface area contributed by atoms with Crippen LogP contribution in [0.5, 0.6) is 0 Å². The van der Waals surface area contributed by atoms with Crippen molar-refractivity contribution >= 4 is 17.3 Å². The van der Waals surface area contributed by atoms with Gasteiger partial charge in [0.1, 0.15) is 42.8 Å². The quantitative estimate of drug-likeness (QED) is 0.524. The Morgan fingerprint density at radius 3 is 2.87 bits per heavy atom. The number of nitriles is 1. The van der Waals surface area contributed by atoms with Crippen molar-refractivity contribution in [1.82, 2.24) is 19.5 Å². The van der Waals surface area contributed by atoms with Crippen molar-refractivity contribution in [2.45, 2.75) is 43.2 Å². The number of anilines is 1. The molecule has 2 aliphatic heterocycles. The number of aliphatic hydroxyl groups excluding tert-OH is 2. The normalized spacial score (nSPS) is 29.8. The van der Waals surface area contributed by atoms with Crippen LogP contribution in [0.1, 0.15) is 25.0 Å². The van der Waals surface area contributed by atoms with Gasteiger partial charge in [-0.2, -0.15) is 10.4 Å². The smallest absolute Gasteiger partial charge is 0.306 e. The van der Waals surface area contributed by atoms with E-state index in [0.717, 1.165) is 25.9 Å². The summed E-state index contributed by atoms with van der Waals surface area (Å²) >= 11 is 0. The van der Waals surface area contributed by atoms with E-state index in [0.29, 0.717) is 11.9 Å². The van der Waals surface area contributed by atoms with Gasteiger partial charge in [-0.15, -0.1) is 0 Å². The highest BCUT2D eigenvalue weighted by molar-refractivity contribution is 5.69. The van der Waals surface area contributed by atoms with Crippen LogP contribution in [0, 0.1) is 17.2 Å². The van der Waals surface area contributed by atoms with E-state index in [1.807, 2.05) is 6.07 Å². The Hall–Kier alpha value is -2.78. The first-order valence-corrected chi connectivity index (χ1v) is 10.2. The number of hydrogen-bond acceptors (Lipinski definition) is 10. The second kappa shape index (κ2) is 8.39. The number of fused-ring (bicyclic) bond motifs is 1. The molecule has 166 valence electrons. The zero-order valence-corrected chi connectivity index (χ0v) is 17.2. The Morgan fingerprint density at radius 2 is 2.16 bits per heavy atom. The lowest BCUT2D eigenvalue weighted by Gasteiger charge is -2.28. The van der Waals surface area contributed by atoms with E-state index in [1.165, 1.54) is 16.9 Å². The molecule has 0 amide bonds. The molecule has 2 saturated heterocycles. The van der Waals surface area contributed by atoms with Crippen molar-refractivity contribution in [2.24, 2.45) is 5.92 Å². The molecule has 2 aromatic rings. The molecular formula is C20H26N6O5. The van der Waals surface area contributed by atoms with Crippen LogP contribution in [0.25, 0.3) is 5.52 Å². The van der Waals surface area contributed by atoms with Crippen molar-refractivity contribution < 1.29 is 24.5 Å². The second-order valence-electron chi connectivity index (χ2n) is 8.23. The van der Waals surface area contributed by atoms with Crippen LogP contribution in [0.15, 0.2) is 18.5 Å². The summed E-state index contributed by atoms with van der Waals surface area (Å²) < 4.78 is 12.5.